The molecule has 0 aromatic heterocycles. The Labute approximate surface area is 130 Å². The van der Waals surface area contributed by atoms with Crippen molar-refractivity contribution in [2.75, 3.05) is 19.7 Å². The molecule has 124 valence electrons. The Bertz CT molecular complexity index is 333. The summed E-state index contributed by atoms with van der Waals surface area (Å²) in [5.74, 6) is 0.543. The number of carbonyl (C=O) groups excluding carboxylic acids is 1. The van der Waals surface area contributed by atoms with Crippen LogP contribution in [0.3, 0.4) is 0 Å². The quantitative estimate of drug-likeness (QED) is 0.700. The van der Waals surface area contributed by atoms with Gasteiger partial charge in [-0.15, -0.1) is 0 Å². The van der Waals surface area contributed by atoms with Gasteiger partial charge < -0.3 is 10.1 Å². The number of rotatable bonds is 8. The van der Waals surface area contributed by atoms with E-state index >= 15 is 0 Å². The maximum Gasteiger partial charge on any atom is 0.326 e. The van der Waals surface area contributed by atoms with Crippen LogP contribution in [-0.4, -0.2) is 48.2 Å². The molecule has 1 saturated heterocycles. The molecular weight excluding hydrogens is 264 g/mol. The highest BCUT2D eigenvalue weighted by Gasteiger charge is 2.39. The summed E-state index contributed by atoms with van der Waals surface area (Å²) in [5.41, 5.74) is -0.589. The minimum absolute atomic E-state index is 0.126. The zero-order valence-corrected chi connectivity index (χ0v) is 14.7. The SMILES string of the molecule is CCNC(C)(CC(C)N1CCCC1C(C)C)C(=O)OCC. The monoisotopic (exact) mass is 298 g/mol. The third-order valence-corrected chi connectivity index (χ3v) is 4.67. The van der Waals surface area contributed by atoms with Gasteiger partial charge in [0.15, 0.2) is 0 Å². The van der Waals surface area contributed by atoms with E-state index in [4.69, 9.17) is 4.74 Å². The highest BCUT2D eigenvalue weighted by molar-refractivity contribution is 5.80. The fourth-order valence-electron chi connectivity index (χ4n) is 3.69. The first-order valence-electron chi connectivity index (χ1n) is 8.53. The lowest BCUT2D eigenvalue weighted by molar-refractivity contribution is -0.151. The average Bonchev–Trinajstić information content (AvgIpc) is 2.88. The van der Waals surface area contributed by atoms with Crippen LogP contribution >= 0.6 is 0 Å². The minimum atomic E-state index is -0.589. The lowest BCUT2D eigenvalue weighted by Crippen LogP contribution is -2.55. The van der Waals surface area contributed by atoms with E-state index in [2.05, 4.69) is 31.0 Å². The van der Waals surface area contributed by atoms with Gasteiger partial charge in [0.25, 0.3) is 0 Å². The van der Waals surface area contributed by atoms with Crippen LogP contribution in [0.5, 0.6) is 0 Å². The molecule has 21 heavy (non-hydrogen) atoms. The largest absolute Gasteiger partial charge is 0.465 e. The normalized spacial score (nSPS) is 24.0. The minimum Gasteiger partial charge on any atom is -0.465 e. The highest BCUT2D eigenvalue weighted by Crippen LogP contribution is 2.29. The second-order valence-corrected chi connectivity index (χ2v) is 6.83. The van der Waals surface area contributed by atoms with E-state index in [0.29, 0.717) is 24.6 Å². The van der Waals surface area contributed by atoms with E-state index in [1.165, 1.54) is 12.8 Å². The molecule has 0 aliphatic carbocycles. The summed E-state index contributed by atoms with van der Waals surface area (Å²) in [7, 11) is 0. The van der Waals surface area contributed by atoms with Gasteiger partial charge in [0.05, 0.1) is 6.61 Å². The second kappa shape index (κ2) is 8.14. The number of nitrogens with zero attached hydrogens (tertiary/aromatic N) is 1. The molecule has 0 aromatic carbocycles. The van der Waals surface area contributed by atoms with Crippen LogP contribution in [0.1, 0.15) is 60.8 Å². The number of likely N-dealkylation sites (N-methyl/N-ethyl adjacent to an activating group) is 1. The zero-order chi connectivity index (χ0) is 16.0. The lowest BCUT2D eigenvalue weighted by atomic mass is 9.91. The maximum absolute atomic E-state index is 12.3. The van der Waals surface area contributed by atoms with Crippen LogP contribution in [0.2, 0.25) is 0 Å². The Morgan fingerprint density at radius 1 is 1.38 bits per heavy atom. The highest BCUT2D eigenvalue weighted by atomic mass is 16.5. The van der Waals surface area contributed by atoms with Crippen molar-refractivity contribution in [3.8, 4) is 0 Å². The summed E-state index contributed by atoms with van der Waals surface area (Å²) in [6, 6.07) is 1.03. The first-order valence-corrected chi connectivity index (χ1v) is 8.53. The Hall–Kier alpha value is -0.610. The van der Waals surface area contributed by atoms with E-state index in [1.807, 2.05) is 20.8 Å². The van der Waals surface area contributed by atoms with E-state index in [9.17, 15) is 4.79 Å². The van der Waals surface area contributed by atoms with Crippen LogP contribution in [0, 0.1) is 5.92 Å². The molecule has 4 nitrogen and oxygen atoms in total. The van der Waals surface area contributed by atoms with Gasteiger partial charge in [-0.1, -0.05) is 20.8 Å². The molecule has 0 saturated carbocycles. The van der Waals surface area contributed by atoms with E-state index in [-0.39, 0.29) is 5.97 Å². The molecule has 0 amide bonds. The molecule has 0 spiro atoms. The van der Waals surface area contributed by atoms with E-state index in [0.717, 1.165) is 19.5 Å². The number of esters is 1. The van der Waals surface area contributed by atoms with Crippen LogP contribution < -0.4 is 5.32 Å². The maximum atomic E-state index is 12.3. The number of hydrogen-bond donors (Lipinski definition) is 1. The number of ether oxygens (including phenoxy) is 1. The Balaban J connectivity index is 2.76. The van der Waals surface area contributed by atoms with Crippen molar-refractivity contribution in [1.29, 1.82) is 0 Å². The van der Waals surface area contributed by atoms with Gasteiger partial charge in [-0.3, -0.25) is 9.69 Å². The van der Waals surface area contributed by atoms with Gasteiger partial charge in [0, 0.05) is 12.1 Å². The third kappa shape index (κ3) is 4.68. The van der Waals surface area contributed by atoms with Crippen molar-refractivity contribution in [1.82, 2.24) is 10.2 Å². The van der Waals surface area contributed by atoms with Gasteiger partial charge in [-0.2, -0.15) is 0 Å². The molecule has 1 N–H and O–H groups in total. The standard InChI is InChI=1S/C17H34N2O2/c1-7-18-17(6,16(20)21-8-2)12-14(5)19-11-9-10-15(19)13(3)4/h13-15,18H,7-12H2,1-6H3. The topological polar surface area (TPSA) is 41.6 Å². The Kier molecular flexibility index (Phi) is 7.14. The van der Waals surface area contributed by atoms with Crippen LogP contribution in [0.4, 0.5) is 0 Å². The van der Waals surface area contributed by atoms with Crippen LogP contribution in [0.25, 0.3) is 0 Å². The van der Waals surface area contributed by atoms with Gasteiger partial charge in [-0.05, 0) is 59.0 Å². The number of likely N-dealkylation sites (tertiary alicyclic amines) is 1. The molecule has 0 aromatic rings. The van der Waals surface area contributed by atoms with Crippen molar-refractivity contribution in [2.45, 2.75) is 78.4 Å². The van der Waals surface area contributed by atoms with Gasteiger partial charge in [0.1, 0.15) is 5.54 Å². The molecule has 1 rings (SSSR count). The fourth-order valence-corrected chi connectivity index (χ4v) is 3.69. The smallest absolute Gasteiger partial charge is 0.326 e. The number of hydrogen-bond acceptors (Lipinski definition) is 4. The molecule has 0 radical (unpaired) electrons. The average molecular weight is 298 g/mol. The first kappa shape index (κ1) is 18.4. The molecule has 1 heterocycles. The van der Waals surface area contributed by atoms with Crippen LogP contribution in [0.15, 0.2) is 0 Å². The molecule has 1 fully saturated rings. The Morgan fingerprint density at radius 2 is 2.05 bits per heavy atom. The number of carbonyl (C=O) groups is 1. The van der Waals surface area contributed by atoms with Gasteiger partial charge in [-0.25, -0.2) is 0 Å². The zero-order valence-electron chi connectivity index (χ0n) is 14.7. The van der Waals surface area contributed by atoms with E-state index in [1.54, 1.807) is 0 Å². The summed E-state index contributed by atoms with van der Waals surface area (Å²) in [6.45, 7) is 15.1. The summed E-state index contributed by atoms with van der Waals surface area (Å²) in [4.78, 5) is 14.9. The third-order valence-electron chi connectivity index (χ3n) is 4.67. The molecule has 4 heteroatoms. The molecule has 1 aliphatic heterocycles. The Morgan fingerprint density at radius 3 is 2.57 bits per heavy atom. The van der Waals surface area contributed by atoms with Gasteiger partial charge in [0.2, 0.25) is 0 Å². The second-order valence-electron chi connectivity index (χ2n) is 6.83. The van der Waals surface area contributed by atoms with Crippen molar-refractivity contribution in [3.63, 3.8) is 0 Å². The predicted octanol–water partition coefficient (Wildman–Crippen LogP) is 2.82. The van der Waals surface area contributed by atoms with Crippen LogP contribution in [-0.2, 0) is 9.53 Å². The predicted molar refractivity (Wildman–Crippen MR) is 87.4 cm³/mol. The summed E-state index contributed by atoms with van der Waals surface area (Å²) in [5, 5.41) is 3.34. The van der Waals surface area contributed by atoms with Gasteiger partial charge >= 0.3 is 5.97 Å². The van der Waals surface area contributed by atoms with Crippen molar-refractivity contribution < 1.29 is 9.53 Å². The van der Waals surface area contributed by atoms with Crippen molar-refractivity contribution >= 4 is 5.97 Å². The first-order chi connectivity index (χ1) is 9.85. The molecule has 1 aliphatic rings. The molecular formula is C17H34N2O2. The molecule has 0 bridgehead atoms. The van der Waals surface area contributed by atoms with Crippen molar-refractivity contribution in [3.05, 3.63) is 0 Å². The lowest BCUT2D eigenvalue weighted by Gasteiger charge is -2.38. The summed E-state index contributed by atoms with van der Waals surface area (Å²) < 4.78 is 5.28. The summed E-state index contributed by atoms with van der Waals surface area (Å²) >= 11 is 0. The van der Waals surface area contributed by atoms with Crippen molar-refractivity contribution in [2.24, 2.45) is 5.92 Å². The molecule has 3 unspecified atom stereocenters. The fraction of sp³-hybridized carbons (Fsp3) is 0.941. The molecule has 3 atom stereocenters. The summed E-state index contributed by atoms with van der Waals surface area (Å²) in [6.07, 6.45) is 3.34. The van der Waals surface area contributed by atoms with E-state index < -0.39 is 5.54 Å². The number of nitrogens with one attached hydrogen (secondary N) is 1.